The molecule has 1 N–H and O–H groups in total. The van der Waals surface area contributed by atoms with Crippen LogP contribution in [0.15, 0.2) is 28.9 Å². The van der Waals surface area contributed by atoms with Gasteiger partial charge in [0.25, 0.3) is 0 Å². The maximum atomic E-state index is 13.1. The van der Waals surface area contributed by atoms with Crippen molar-refractivity contribution < 1.29 is 4.79 Å². The van der Waals surface area contributed by atoms with Gasteiger partial charge in [-0.25, -0.2) is 0 Å². The summed E-state index contributed by atoms with van der Waals surface area (Å²) in [5, 5.41) is 1.33. The van der Waals surface area contributed by atoms with Gasteiger partial charge in [0.05, 0.1) is 10.5 Å². The van der Waals surface area contributed by atoms with E-state index in [-0.39, 0.29) is 5.92 Å². The first-order chi connectivity index (χ1) is 13.1. The number of hydrogen-bond donors (Lipinski definition) is 1. The van der Waals surface area contributed by atoms with Crippen LogP contribution in [0.4, 0.5) is 0 Å². The topological polar surface area (TPSA) is 39.3 Å². The number of carbonyl (C=O) groups is 1. The van der Waals surface area contributed by atoms with Crippen LogP contribution in [-0.2, 0) is 11.2 Å². The molecule has 0 spiro atoms. The van der Waals surface area contributed by atoms with Crippen molar-refractivity contribution in [2.75, 3.05) is 19.6 Å². The van der Waals surface area contributed by atoms with Gasteiger partial charge in [-0.05, 0) is 71.4 Å². The van der Waals surface area contributed by atoms with E-state index in [9.17, 15) is 4.79 Å². The number of rotatable bonds is 3. The second-order valence-electron chi connectivity index (χ2n) is 8.26. The van der Waals surface area contributed by atoms with E-state index in [1.165, 1.54) is 27.6 Å². The molecule has 3 unspecified atom stereocenters. The third-order valence-corrected chi connectivity index (χ3v) is 7.30. The van der Waals surface area contributed by atoms with Crippen molar-refractivity contribution in [3.8, 4) is 0 Å². The van der Waals surface area contributed by atoms with Gasteiger partial charge in [-0.1, -0.05) is 25.1 Å². The molecule has 5 rings (SSSR count). The van der Waals surface area contributed by atoms with E-state index in [4.69, 9.17) is 0 Å². The Morgan fingerprint density at radius 1 is 1.37 bits per heavy atom. The van der Waals surface area contributed by atoms with Gasteiger partial charge < -0.3 is 9.88 Å². The lowest BCUT2D eigenvalue weighted by Crippen LogP contribution is -2.55. The number of nitrogens with zero attached hydrogens (tertiary/aromatic N) is 2. The van der Waals surface area contributed by atoms with Crippen LogP contribution in [0.2, 0.25) is 0 Å². The highest BCUT2D eigenvalue weighted by Crippen LogP contribution is 2.44. The first-order valence-electron chi connectivity index (χ1n) is 10.1. The summed E-state index contributed by atoms with van der Waals surface area (Å²) in [5.74, 6) is 0.291. The van der Waals surface area contributed by atoms with Crippen molar-refractivity contribution in [2.45, 2.75) is 45.2 Å². The minimum absolute atomic E-state index is 0.0234. The van der Waals surface area contributed by atoms with Crippen molar-refractivity contribution in [3.63, 3.8) is 0 Å². The second kappa shape index (κ2) is 6.49. The van der Waals surface area contributed by atoms with Crippen LogP contribution in [0.5, 0.6) is 0 Å². The number of aromatic nitrogens is 1. The third kappa shape index (κ3) is 2.62. The zero-order valence-corrected chi connectivity index (χ0v) is 17.6. The fourth-order valence-corrected chi connectivity index (χ4v) is 5.69. The van der Waals surface area contributed by atoms with Gasteiger partial charge >= 0.3 is 0 Å². The Balaban J connectivity index is 1.61. The average Bonchev–Trinajstić information content (AvgIpc) is 2.98. The monoisotopic (exact) mass is 427 g/mol. The molecule has 142 valence electrons. The number of carbonyl (C=O) groups excluding carboxylic acids is 1. The molecule has 3 heterocycles. The Hall–Kier alpha value is -1.59. The van der Waals surface area contributed by atoms with Gasteiger partial charge in [-0.3, -0.25) is 9.69 Å². The van der Waals surface area contributed by atoms with Crippen LogP contribution in [0, 0.1) is 5.92 Å². The van der Waals surface area contributed by atoms with Crippen LogP contribution in [0.25, 0.3) is 16.5 Å². The van der Waals surface area contributed by atoms with Gasteiger partial charge in [0.15, 0.2) is 0 Å². The molecule has 0 bridgehead atoms. The SMILES string of the molecule is CCCN1CC(C(=O)N2CCC2C)C=C2c3cccc4[nH]c(Br)c(c34)CC21. The van der Waals surface area contributed by atoms with Crippen LogP contribution >= 0.6 is 15.9 Å². The minimum Gasteiger partial charge on any atom is -0.349 e. The molecule has 2 aromatic rings. The molecule has 3 atom stereocenters. The summed E-state index contributed by atoms with van der Waals surface area (Å²) in [6, 6.07) is 7.27. The normalized spacial score (nSPS) is 27.3. The van der Waals surface area contributed by atoms with Crippen LogP contribution < -0.4 is 0 Å². The minimum atomic E-state index is -0.0234. The summed E-state index contributed by atoms with van der Waals surface area (Å²) >= 11 is 3.74. The van der Waals surface area contributed by atoms with Crippen molar-refractivity contribution >= 4 is 38.3 Å². The van der Waals surface area contributed by atoms with E-state index in [0.29, 0.717) is 18.0 Å². The molecule has 3 aliphatic rings. The predicted molar refractivity (Wildman–Crippen MR) is 113 cm³/mol. The molecular weight excluding hydrogens is 402 g/mol. The Kier molecular flexibility index (Phi) is 4.21. The van der Waals surface area contributed by atoms with Gasteiger partial charge in [0.2, 0.25) is 5.91 Å². The Morgan fingerprint density at radius 3 is 2.93 bits per heavy atom. The van der Waals surface area contributed by atoms with E-state index in [1.54, 1.807) is 0 Å². The van der Waals surface area contributed by atoms with Crippen molar-refractivity contribution in [3.05, 3.63) is 40.0 Å². The van der Waals surface area contributed by atoms with Crippen molar-refractivity contribution in [1.82, 2.24) is 14.8 Å². The van der Waals surface area contributed by atoms with Crippen molar-refractivity contribution in [2.24, 2.45) is 5.92 Å². The fraction of sp³-hybridized carbons (Fsp3) is 0.500. The standard InChI is InChI=1S/C22H26BrN3O/c1-3-8-25-12-14(22(27)26-9-7-13(26)2)10-16-15-5-4-6-18-20(15)17(11-19(16)25)21(23)24-18/h4-6,10,13-14,19,24H,3,7-9,11-12H2,1-2H3. The molecule has 2 aliphatic heterocycles. The maximum Gasteiger partial charge on any atom is 0.231 e. The summed E-state index contributed by atoms with van der Waals surface area (Å²) in [4.78, 5) is 21.2. The highest BCUT2D eigenvalue weighted by atomic mass is 79.9. The first kappa shape index (κ1) is 17.5. The quantitative estimate of drug-likeness (QED) is 0.796. The number of halogens is 1. The lowest BCUT2D eigenvalue weighted by atomic mass is 9.79. The zero-order valence-electron chi connectivity index (χ0n) is 16.0. The molecule has 0 radical (unpaired) electrons. The Bertz CT molecular complexity index is 946. The lowest BCUT2D eigenvalue weighted by molar-refractivity contribution is -0.142. The predicted octanol–water partition coefficient (Wildman–Crippen LogP) is 4.20. The second-order valence-corrected chi connectivity index (χ2v) is 9.05. The summed E-state index contributed by atoms with van der Waals surface area (Å²) in [6.07, 6.45) is 5.54. The van der Waals surface area contributed by atoms with Crippen LogP contribution in [-0.4, -0.2) is 52.4 Å². The summed E-state index contributed by atoms with van der Waals surface area (Å²) in [6.45, 7) is 7.19. The van der Waals surface area contributed by atoms with E-state index in [2.05, 4.69) is 68.8 Å². The molecule has 0 saturated carbocycles. The van der Waals surface area contributed by atoms with E-state index < -0.39 is 0 Å². The van der Waals surface area contributed by atoms with Gasteiger partial charge in [0.1, 0.15) is 0 Å². The molecule has 5 heteroatoms. The zero-order chi connectivity index (χ0) is 18.7. The number of benzene rings is 1. The van der Waals surface area contributed by atoms with E-state index in [1.807, 2.05) is 0 Å². The third-order valence-electron chi connectivity index (χ3n) is 6.63. The Morgan fingerprint density at radius 2 is 2.22 bits per heavy atom. The summed E-state index contributed by atoms with van der Waals surface area (Å²) < 4.78 is 1.10. The molecule has 1 amide bonds. The summed E-state index contributed by atoms with van der Waals surface area (Å²) in [7, 11) is 0. The number of amides is 1. The average molecular weight is 428 g/mol. The molecule has 4 nitrogen and oxygen atoms in total. The fourth-order valence-electron chi connectivity index (χ4n) is 5.12. The van der Waals surface area contributed by atoms with E-state index >= 15 is 0 Å². The molecule has 1 aromatic heterocycles. The molecular formula is C22H26BrN3O. The van der Waals surface area contributed by atoms with Crippen molar-refractivity contribution in [1.29, 1.82) is 0 Å². The number of hydrogen-bond acceptors (Lipinski definition) is 2. The first-order valence-corrected chi connectivity index (χ1v) is 10.9. The Labute approximate surface area is 168 Å². The molecule has 1 aliphatic carbocycles. The number of fused-ring (bicyclic) bond motifs is 2. The number of nitrogens with one attached hydrogen (secondary N) is 1. The summed E-state index contributed by atoms with van der Waals surface area (Å²) in [5.41, 5.74) is 5.22. The largest absolute Gasteiger partial charge is 0.349 e. The highest BCUT2D eigenvalue weighted by Gasteiger charge is 2.40. The van der Waals surface area contributed by atoms with Crippen LogP contribution in [0.1, 0.15) is 37.8 Å². The van der Waals surface area contributed by atoms with E-state index in [0.717, 1.165) is 43.5 Å². The molecule has 1 saturated heterocycles. The smallest absolute Gasteiger partial charge is 0.231 e. The lowest BCUT2D eigenvalue weighted by Gasteiger charge is -2.45. The van der Waals surface area contributed by atoms with Crippen LogP contribution in [0.3, 0.4) is 0 Å². The van der Waals surface area contributed by atoms with Gasteiger partial charge in [0, 0.05) is 36.1 Å². The molecule has 1 fully saturated rings. The number of aromatic amines is 1. The number of H-pyrrole nitrogens is 1. The van der Waals surface area contributed by atoms with Gasteiger partial charge in [-0.2, -0.15) is 0 Å². The highest BCUT2D eigenvalue weighted by molar-refractivity contribution is 9.10. The number of likely N-dealkylation sites (tertiary alicyclic amines) is 1. The maximum absolute atomic E-state index is 13.1. The van der Waals surface area contributed by atoms with Gasteiger partial charge in [-0.15, -0.1) is 0 Å². The molecule has 1 aromatic carbocycles. The molecule has 27 heavy (non-hydrogen) atoms.